The van der Waals surface area contributed by atoms with Crippen LogP contribution >= 0.6 is 0 Å². The van der Waals surface area contributed by atoms with Crippen molar-refractivity contribution in [2.75, 3.05) is 17.6 Å². The average molecular weight is 268 g/mol. The standard InChI is InChI=1S/C14H16N6/c1-20-7-6-16-13(20)4-5-17-14-11-3-2-10(15)8-12(11)18-9-19-14/h2-3,6-9H,4-5,15H2,1H3,(H,17,18,19). The molecule has 1 aromatic carbocycles. The van der Waals surface area contributed by atoms with Crippen LogP contribution in [0.25, 0.3) is 10.9 Å². The quantitative estimate of drug-likeness (QED) is 0.702. The summed E-state index contributed by atoms with van der Waals surface area (Å²) in [5.41, 5.74) is 7.31. The summed E-state index contributed by atoms with van der Waals surface area (Å²) in [6.45, 7) is 0.765. The molecule has 6 heteroatoms. The van der Waals surface area contributed by atoms with E-state index in [9.17, 15) is 0 Å². The molecule has 6 nitrogen and oxygen atoms in total. The Morgan fingerprint density at radius 3 is 2.95 bits per heavy atom. The minimum atomic E-state index is 0.704. The number of nitrogens with one attached hydrogen (secondary N) is 1. The number of aryl methyl sites for hydroxylation is 1. The second kappa shape index (κ2) is 5.16. The minimum Gasteiger partial charge on any atom is -0.399 e. The predicted molar refractivity (Wildman–Crippen MR) is 79.4 cm³/mol. The summed E-state index contributed by atoms with van der Waals surface area (Å²) < 4.78 is 2.01. The second-order valence-electron chi connectivity index (χ2n) is 4.63. The summed E-state index contributed by atoms with van der Waals surface area (Å²) in [4.78, 5) is 12.8. The molecule has 0 fully saturated rings. The van der Waals surface area contributed by atoms with Crippen molar-refractivity contribution < 1.29 is 0 Å². The van der Waals surface area contributed by atoms with Crippen molar-refractivity contribution >= 4 is 22.4 Å². The summed E-state index contributed by atoms with van der Waals surface area (Å²) in [7, 11) is 1.99. The smallest absolute Gasteiger partial charge is 0.137 e. The number of nitrogen functional groups attached to an aromatic ring is 1. The highest BCUT2D eigenvalue weighted by molar-refractivity contribution is 5.90. The first-order valence-electron chi connectivity index (χ1n) is 6.44. The molecule has 0 aliphatic rings. The summed E-state index contributed by atoms with van der Waals surface area (Å²) in [6, 6.07) is 5.64. The molecular formula is C14H16N6. The number of imidazole rings is 1. The van der Waals surface area contributed by atoms with Crippen molar-refractivity contribution in [3.05, 3.63) is 42.7 Å². The van der Waals surface area contributed by atoms with Crippen molar-refractivity contribution in [1.29, 1.82) is 0 Å². The largest absolute Gasteiger partial charge is 0.399 e. The maximum Gasteiger partial charge on any atom is 0.137 e. The van der Waals surface area contributed by atoms with Crippen LogP contribution in [-0.2, 0) is 13.5 Å². The van der Waals surface area contributed by atoms with Gasteiger partial charge < -0.3 is 15.6 Å². The number of hydrogen-bond donors (Lipinski definition) is 2. The molecular weight excluding hydrogens is 252 g/mol. The van der Waals surface area contributed by atoms with Crippen molar-refractivity contribution in [3.63, 3.8) is 0 Å². The van der Waals surface area contributed by atoms with Crippen LogP contribution in [0.2, 0.25) is 0 Å². The van der Waals surface area contributed by atoms with Crippen LogP contribution in [0, 0.1) is 0 Å². The third-order valence-electron chi connectivity index (χ3n) is 3.22. The molecule has 102 valence electrons. The van der Waals surface area contributed by atoms with Crippen molar-refractivity contribution in [2.24, 2.45) is 7.05 Å². The molecule has 0 unspecified atom stereocenters. The Bertz CT molecular complexity index is 733. The third kappa shape index (κ3) is 2.40. The average Bonchev–Trinajstić information content (AvgIpc) is 2.84. The van der Waals surface area contributed by atoms with Gasteiger partial charge in [-0.05, 0) is 18.2 Å². The zero-order chi connectivity index (χ0) is 13.9. The highest BCUT2D eigenvalue weighted by atomic mass is 15.1. The Balaban J connectivity index is 1.76. The first-order chi connectivity index (χ1) is 9.74. The molecule has 3 rings (SSSR count). The van der Waals surface area contributed by atoms with E-state index in [1.165, 1.54) is 0 Å². The number of nitrogens with zero attached hydrogens (tertiary/aromatic N) is 4. The maximum absolute atomic E-state index is 5.76. The Kier molecular flexibility index (Phi) is 3.20. The highest BCUT2D eigenvalue weighted by Crippen LogP contribution is 2.21. The summed E-state index contributed by atoms with van der Waals surface area (Å²) in [5.74, 6) is 1.87. The zero-order valence-corrected chi connectivity index (χ0v) is 11.2. The normalized spacial score (nSPS) is 10.8. The lowest BCUT2D eigenvalue weighted by Crippen LogP contribution is -2.10. The lowest BCUT2D eigenvalue weighted by Gasteiger charge is -2.08. The molecule has 20 heavy (non-hydrogen) atoms. The number of nitrogens with two attached hydrogens (primary N) is 1. The maximum atomic E-state index is 5.76. The van der Waals surface area contributed by atoms with E-state index in [-0.39, 0.29) is 0 Å². The number of benzene rings is 1. The van der Waals surface area contributed by atoms with Gasteiger partial charge in [0.25, 0.3) is 0 Å². The van der Waals surface area contributed by atoms with Gasteiger partial charge in [-0.2, -0.15) is 0 Å². The Morgan fingerprint density at radius 2 is 2.15 bits per heavy atom. The molecule has 0 saturated heterocycles. The zero-order valence-electron chi connectivity index (χ0n) is 11.2. The van der Waals surface area contributed by atoms with Gasteiger partial charge in [-0.3, -0.25) is 0 Å². The van der Waals surface area contributed by atoms with Crippen molar-refractivity contribution in [2.45, 2.75) is 6.42 Å². The van der Waals surface area contributed by atoms with Crippen LogP contribution in [0.5, 0.6) is 0 Å². The third-order valence-corrected chi connectivity index (χ3v) is 3.22. The molecule has 0 amide bonds. The fourth-order valence-corrected chi connectivity index (χ4v) is 2.15. The molecule has 3 aromatic rings. The van der Waals surface area contributed by atoms with E-state index in [0.29, 0.717) is 5.69 Å². The van der Waals surface area contributed by atoms with E-state index in [2.05, 4.69) is 20.3 Å². The van der Waals surface area contributed by atoms with Gasteiger partial charge in [-0.1, -0.05) is 0 Å². The van der Waals surface area contributed by atoms with Crippen LogP contribution in [0.1, 0.15) is 5.82 Å². The Hall–Kier alpha value is -2.63. The summed E-state index contributed by atoms with van der Waals surface area (Å²) in [6.07, 6.45) is 6.13. The fraction of sp³-hybridized carbons (Fsp3) is 0.214. The van der Waals surface area contributed by atoms with Crippen LogP contribution in [0.3, 0.4) is 0 Å². The van der Waals surface area contributed by atoms with E-state index in [4.69, 9.17) is 5.73 Å². The second-order valence-corrected chi connectivity index (χ2v) is 4.63. The van der Waals surface area contributed by atoms with Gasteiger partial charge in [0.15, 0.2) is 0 Å². The van der Waals surface area contributed by atoms with Gasteiger partial charge in [0, 0.05) is 43.5 Å². The van der Waals surface area contributed by atoms with Gasteiger partial charge >= 0.3 is 0 Å². The minimum absolute atomic E-state index is 0.704. The molecule has 0 saturated carbocycles. The van der Waals surface area contributed by atoms with E-state index in [0.717, 1.165) is 35.5 Å². The fourth-order valence-electron chi connectivity index (χ4n) is 2.15. The van der Waals surface area contributed by atoms with Gasteiger partial charge in [0.2, 0.25) is 0 Å². The van der Waals surface area contributed by atoms with Crippen molar-refractivity contribution in [1.82, 2.24) is 19.5 Å². The van der Waals surface area contributed by atoms with Crippen LogP contribution in [0.15, 0.2) is 36.9 Å². The lowest BCUT2D eigenvalue weighted by atomic mass is 10.2. The molecule has 0 spiro atoms. The first kappa shape index (κ1) is 12.4. The summed E-state index contributed by atoms with van der Waals surface area (Å²) in [5, 5.41) is 4.30. The van der Waals surface area contributed by atoms with Gasteiger partial charge in [-0.25, -0.2) is 15.0 Å². The van der Waals surface area contributed by atoms with E-state index < -0.39 is 0 Å². The van der Waals surface area contributed by atoms with Crippen LogP contribution < -0.4 is 11.1 Å². The SMILES string of the molecule is Cn1ccnc1CCNc1ncnc2cc(N)ccc12. The number of fused-ring (bicyclic) bond motifs is 1. The molecule has 0 bridgehead atoms. The first-order valence-corrected chi connectivity index (χ1v) is 6.44. The number of aromatic nitrogens is 4. The summed E-state index contributed by atoms with van der Waals surface area (Å²) >= 11 is 0. The monoisotopic (exact) mass is 268 g/mol. The lowest BCUT2D eigenvalue weighted by molar-refractivity contribution is 0.789. The van der Waals surface area contributed by atoms with E-state index in [1.54, 1.807) is 12.5 Å². The molecule has 0 atom stereocenters. The molecule has 2 aromatic heterocycles. The van der Waals surface area contributed by atoms with Crippen molar-refractivity contribution in [3.8, 4) is 0 Å². The highest BCUT2D eigenvalue weighted by Gasteiger charge is 2.04. The Labute approximate surface area is 116 Å². The molecule has 3 N–H and O–H groups in total. The van der Waals surface area contributed by atoms with Gasteiger partial charge in [0.1, 0.15) is 18.0 Å². The molecule has 0 aliphatic heterocycles. The predicted octanol–water partition coefficient (Wildman–Crippen LogP) is 1.60. The molecule has 0 radical (unpaired) electrons. The van der Waals surface area contributed by atoms with Gasteiger partial charge in [0.05, 0.1) is 5.52 Å². The number of rotatable bonds is 4. The van der Waals surface area contributed by atoms with E-state index >= 15 is 0 Å². The van der Waals surface area contributed by atoms with Crippen LogP contribution in [-0.4, -0.2) is 26.1 Å². The topological polar surface area (TPSA) is 81.7 Å². The van der Waals surface area contributed by atoms with Crippen LogP contribution in [0.4, 0.5) is 11.5 Å². The number of anilines is 2. The number of hydrogen-bond acceptors (Lipinski definition) is 5. The van der Waals surface area contributed by atoms with E-state index in [1.807, 2.05) is 36.0 Å². The molecule has 0 aliphatic carbocycles. The van der Waals surface area contributed by atoms with Gasteiger partial charge in [-0.15, -0.1) is 0 Å². The Morgan fingerprint density at radius 1 is 1.25 bits per heavy atom. The molecule has 2 heterocycles.